The molecule has 0 saturated heterocycles. The minimum absolute atomic E-state index is 0.225. The Kier molecular flexibility index (Phi) is 3.84. The van der Waals surface area contributed by atoms with Crippen molar-refractivity contribution >= 4 is 11.8 Å². The van der Waals surface area contributed by atoms with E-state index < -0.39 is 17.6 Å². The van der Waals surface area contributed by atoms with Gasteiger partial charge in [0.25, 0.3) is 5.89 Å². The quantitative estimate of drug-likeness (QED) is 0.892. The smallest absolute Gasteiger partial charge is 0.337 e. The largest absolute Gasteiger partial charge is 0.415 e. The normalized spacial score (nSPS) is 16.1. The van der Waals surface area contributed by atoms with E-state index in [4.69, 9.17) is 5.73 Å². The molecule has 1 aromatic rings. The highest BCUT2D eigenvalue weighted by Gasteiger charge is 2.53. The molecule has 0 radical (unpaired) electrons. The lowest BCUT2D eigenvalue weighted by Crippen LogP contribution is -2.48. The topological polar surface area (TPSA) is 64.9 Å². The lowest BCUT2D eigenvalue weighted by molar-refractivity contribution is -0.190. The summed E-state index contributed by atoms with van der Waals surface area (Å²) in [7, 11) is 0. The van der Waals surface area contributed by atoms with Crippen molar-refractivity contribution in [3.8, 4) is 0 Å². The summed E-state index contributed by atoms with van der Waals surface area (Å²) < 4.78 is 42.1. The molecule has 0 aliphatic rings. The van der Waals surface area contributed by atoms with Gasteiger partial charge in [0.1, 0.15) is 0 Å². The summed E-state index contributed by atoms with van der Waals surface area (Å²) in [6, 6.07) is 0. The second kappa shape index (κ2) is 4.62. The highest BCUT2D eigenvalue weighted by Crippen LogP contribution is 2.35. The van der Waals surface area contributed by atoms with E-state index in [1.165, 1.54) is 11.8 Å². The van der Waals surface area contributed by atoms with Crippen molar-refractivity contribution in [1.29, 1.82) is 0 Å². The average molecular weight is 255 g/mol. The predicted molar refractivity (Wildman–Crippen MR) is 53.7 cm³/mol. The number of hydrogen-bond acceptors (Lipinski definition) is 5. The molecular formula is C8H12F3N3OS. The molecule has 0 spiro atoms. The zero-order valence-corrected chi connectivity index (χ0v) is 9.65. The van der Waals surface area contributed by atoms with Gasteiger partial charge in [-0.1, -0.05) is 12.1 Å². The van der Waals surface area contributed by atoms with Crippen molar-refractivity contribution in [2.45, 2.75) is 31.3 Å². The van der Waals surface area contributed by atoms with Crippen molar-refractivity contribution in [1.82, 2.24) is 10.1 Å². The Morgan fingerprint density at radius 2 is 2.06 bits per heavy atom. The van der Waals surface area contributed by atoms with E-state index >= 15 is 0 Å². The van der Waals surface area contributed by atoms with Gasteiger partial charge in [0.15, 0.2) is 11.4 Å². The number of aromatic nitrogens is 2. The van der Waals surface area contributed by atoms with Crippen LogP contribution in [-0.2, 0) is 11.3 Å². The Balaban J connectivity index is 2.85. The van der Waals surface area contributed by atoms with Gasteiger partial charge in [0.05, 0.1) is 5.75 Å². The zero-order valence-electron chi connectivity index (χ0n) is 8.84. The molecule has 8 heteroatoms. The molecule has 0 aliphatic heterocycles. The molecule has 0 aromatic carbocycles. The van der Waals surface area contributed by atoms with Gasteiger partial charge in [-0.3, -0.25) is 0 Å². The third-order valence-electron chi connectivity index (χ3n) is 1.94. The molecule has 0 fully saturated rings. The molecule has 1 unspecified atom stereocenters. The fourth-order valence-corrected chi connectivity index (χ4v) is 1.34. The molecule has 1 rings (SSSR count). The monoisotopic (exact) mass is 255 g/mol. The fourth-order valence-electron chi connectivity index (χ4n) is 0.838. The van der Waals surface area contributed by atoms with E-state index in [0.29, 0.717) is 5.75 Å². The Hall–Kier alpha value is -0.760. The summed E-state index contributed by atoms with van der Waals surface area (Å²) >= 11 is 1.49. The number of nitrogens with two attached hydrogens (primary N) is 1. The van der Waals surface area contributed by atoms with Gasteiger partial charge in [0, 0.05) is 0 Å². The van der Waals surface area contributed by atoms with Crippen LogP contribution >= 0.6 is 11.8 Å². The molecule has 1 heterocycles. The standard InChI is InChI=1S/C8H12F3N3OS/c1-3-16-4-5-13-6(15-14-5)7(2,12)8(9,10)11/h3-4,12H2,1-2H3. The fraction of sp³-hybridized carbons (Fsp3) is 0.750. The lowest BCUT2D eigenvalue weighted by atomic mass is 10.0. The van der Waals surface area contributed by atoms with Crippen LogP contribution in [0.2, 0.25) is 0 Å². The number of nitrogens with zero attached hydrogens (tertiary/aromatic N) is 2. The Morgan fingerprint density at radius 3 is 2.56 bits per heavy atom. The zero-order chi connectivity index (χ0) is 12.4. The van der Waals surface area contributed by atoms with Crippen LogP contribution in [0.3, 0.4) is 0 Å². The van der Waals surface area contributed by atoms with Gasteiger partial charge in [-0.05, 0) is 12.7 Å². The molecule has 4 nitrogen and oxygen atoms in total. The number of rotatable bonds is 4. The summed E-state index contributed by atoms with van der Waals surface area (Å²) in [4.78, 5) is 3.64. The predicted octanol–water partition coefficient (Wildman–Crippen LogP) is 2.06. The Labute approximate surface area is 94.8 Å². The maximum Gasteiger partial charge on any atom is 0.415 e. The first-order valence-electron chi connectivity index (χ1n) is 4.55. The van der Waals surface area contributed by atoms with Crippen LogP contribution in [-0.4, -0.2) is 22.1 Å². The van der Waals surface area contributed by atoms with Crippen LogP contribution in [0.25, 0.3) is 0 Å². The number of halogens is 3. The van der Waals surface area contributed by atoms with Gasteiger partial charge < -0.3 is 10.3 Å². The SMILES string of the molecule is CCSCc1noc(C(C)(N)C(F)(F)F)n1. The van der Waals surface area contributed by atoms with Crippen LogP contribution < -0.4 is 5.73 Å². The lowest BCUT2D eigenvalue weighted by Gasteiger charge is -2.22. The molecule has 0 aliphatic carbocycles. The van der Waals surface area contributed by atoms with Gasteiger partial charge >= 0.3 is 6.18 Å². The maximum atomic E-state index is 12.5. The summed E-state index contributed by atoms with van der Waals surface area (Å²) in [5.41, 5.74) is 2.53. The molecule has 0 bridgehead atoms. The summed E-state index contributed by atoms with van der Waals surface area (Å²) in [5.74, 6) is 0.853. The summed E-state index contributed by atoms with van der Waals surface area (Å²) in [6.45, 7) is 2.73. The van der Waals surface area contributed by atoms with Gasteiger partial charge in [-0.2, -0.15) is 29.9 Å². The number of alkyl halides is 3. The van der Waals surface area contributed by atoms with E-state index in [2.05, 4.69) is 14.7 Å². The van der Waals surface area contributed by atoms with E-state index in [0.717, 1.165) is 12.7 Å². The number of hydrogen-bond donors (Lipinski definition) is 1. The van der Waals surface area contributed by atoms with E-state index in [1.807, 2.05) is 6.92 Å². The molecule has 0 amide bonds. The first kappa shape index (κ1) is 13.3. The third-order valence-corrected chi connectivity index (χ3v) is 2.81. The Bertz CT molecular complexity index is 351. The van der Waals surface area contributed by atoms with E-state index in [9.17, 15) is 13.2 Å². The number of thioether (sulfide) groups is 1. The van der Waals surface area contributed by atoms with Crippen LogP contribution in [0.1, 0.15) is 25.6 Å². The Morgan fingerprint density at radius 1 is 1.44 bits per heavy atom. The molecule has 92 valence electrons. The average Bonchev–Trinajstić information content (AvgIpc) is 2.61. The minimum Gasteiger partial charge on any atom is -0.337 e. The van der Waals surface area contributed by atoms with Crippen molar-refractivity contribution < 1.29 is 17.7 Å². The first-order valence-corrected chi connectivity index (χ1v) is 5.71. The highest BCUT2D eigenvalue weighted by atomic mass is 32.2. The second-order valence-corrected chi connectivity index (χ2v) is 4.63. The third kappa shape index (κ3) is 2.67. The van der Waals surface area contributed by atoms with Crippen LogP contribution in [0.5, 0.6) is 0 Å². The molecule has 0 saturated carbocycles. The van der Waals surface area contributed by atoms with Crippen molar-refractivity contribution in [3.05, 3.63) is 11.7 Å². The van der Waals surface area contributed by atoms with Crippen LogP contribution in [0, 0.1) is 0 Å². The summed E-state index contributed by atoms with van der Waals surface area (Å²) in [5, 5.41) is 3.45. The van der Waals surface area contributed by atoms with Gasteiger partial charge in [-0.15, -0.1) is 0 Å². The van der Waals surface area contributed by atoms with Crippen molar-refractivity contribution in [3.63, 3.8) is 0 Å². The second-order valence-electron chi connectivity index (χ2n) is 3.35. The molecular weight excluding hydrogens is 243 g/mol. The maximum absolute atomic E-state index is 12.5. The molecule has 1 atom stereocenters. The molecule has 1 aromatic heterocycles. The van der Waals surface area contributed by atoms with Crippen molar-refractivity contribution in [2.24, 2.45) is 5.73 Å². The van der Waals surface area contributed by atoms with Gasteiger partial charge in [-0.25, -0.2) is 0 Å². The first-order chi connectivity index (χ1) is 7.29. The highest BCUT2D eigenvalue weighted by molar-refractivity contribution is 7.98. The van der Waals surface area contributed by atoms with Crippen LogP contribution in [0.4, 0.5) is 13.2 Å². The molecule has 16 heavy (non-hydrogen) atoms. The van der Waals surface area contributed by atoms with Crippen molar-refractivity contribution in [2.75, 3.05) is 5.75 Å². The van der Waals surface area contributed by atoms with E-state index in [-0.39, 0.29) is 5.82 Å². The van der Waals surface area contributed by atoms with E-state index in [1.54, 1.807) is 0 Å². The minimum atomic E-state index is -4.62. The molecule has 2 N–H and O–H groups in total. The van der Waals surface area contributed by atoms with Gasteiger partial charge in [0.2, 0.25) is 0 Å². The van der Waals surface area contributed by atoms with Crippen LogP contribution in [0.15, 0.2) is 4.52 Å². The summed E-state index contributed by atoms with van der Waals surface area (Å²) in [6.07, 6.45) is -4.62.